The zero-order chi connectivity index (χ0) is 14.0. The fraction of sp³-hybridized carbons (Fsp3) is 0.909. The van der Waals surface area contributed by atoms with Crippen LogP contribution in [0, 0.1) is 5.92 Å². The minimum Gasteiger partial charge on any atom is -0.444 e. The van der Waals surface area contributed by atoms with Crippen LogP contribution in [0.25, 0.3) is 0 Å². The van der Waals surface area contributed by atoms with Crippen molar-refractivity contribution in [3.8, 4) is 0 Å². The molecule has 0 aromatic carbocycles. The van der Waals surface area contributed by atoms with Crippen LogP contribution in [0.1, 0.15) is 27.2 Å². The van der Waals surface area contributed by atoms with Crippen molar-refractivity contribution in [2.24, 2.45) is 5.92 Å². The van der Waals surface area contributed by atoms with Crippen molar-refractivity contribution < 1.29 is 22.7 Å². The van der Waals surface area contributed by atoms with Crippen LogP contribution in [0.15, 0.2) is 0 Å². The molecule has 0 bridgehead atoms. The van der Waals surface area contributed by atoms with E-state index in [2.05, 4.69) is 10.6 Å². The number of carbonyl (C=O) groups excluding carboxylic acids is 1. The van der Waals surface area contributed by atoms with E-state index in [1.54, 1.807) is 20.8 Å². The lowest BCUT2D eigenvalue weighted by Crippen LogP contribution is -2.52. The number of hydrogen-bond donors (Lipinski definition) is 2. The number of rotatable bonds is 1. The van der Waals surface area contributed by atoms with E-state index in [4.69, 9.17) is 4.74 Å². The molecule has 1 rings (SSSR count). The van der Waals surface area contributed by atoms with Gasteiger partial charge < -0.3 is 15.4 Å². The molecule has 0 spiro atoms. The van der Waals surface area contributed by atoms with Gasteiger partial charge in [-0.15, -0.1) is 0 Å². The van der Waals surface area contributed by atoms with E-state index < -0.39 is 29.8 Å². The summed E-state index contributed by atoms with van der Waals surface area (Å²) >= 11 is 0. The second-order valence-corrected chi connectivity index (χ2v) is 5.48. The third-order valence-corrected chi connectivity index (χ3v) is 2.53. The second kappa shape index (κ2) is 5.34. The predicted octanol–water partition coefficient (Wildman–Crippen LogP) is 2.05. The maximum Gasteiger partial charge on any atom is 0.407 e. The molecule has 1 amide bonds. The van der Waals surface area contributed by atoms with Gasteiger partial charge in [-0.2, -0.15) is 13.2 Å². The third-order valence-electron chi connectivity index (χ3n) is 2.53. The van der Waals surface area contributed by atoms with E-state index >= 15 is 0 Å². The minimum atomic E-state index is -4.23. The lowest BCUT2D eigenvalue weighted by Gasteiger charge is -2.32. The van der Waals surface area contributed by atoms with Gasteiger partial charge in [-0.05, 0) is 27.2 Å². The average Bonchev–Trinajstić information content (AvgIpc) is 2.13. The molecule has 4 nitrogen and oxygen atoms in total. The molecule has 1 fully saturated rings. The number of hydrogen-bond acceptors (Lipinski definition) is 3. The van der Waals surface area contributed by atoms with Gasteiger partial charge in [0, 0.05) is 19.1 Å². The van der Waals surface area contributed by atoms with Gasteiger partial charge in [0.1, 0.15) is 5.60 Å². The van der Waals surface area contributed by atoms with Crippen molar-refractivity contribution in [1.29, 1.82) is 0 Å². The molecule has 0 unspecified atom stereocenters. The van der Waals surface area contributed by atoms with Gasteiger partial charge in [0.25, 0.3) is 0 Å². The van der Waals surface area contributed by atoms with Crippen molar-refractivity contribution >= 4 is 6.09 Å². The highest BCUT2D eigenvalue weighted by atomic mass is 19.4. The van der Waals surface area contributed by atoms with E-state index in [1.807, 2.05) is 0 Å². The Hall–Kier alpha value is -0.980. The monoisotopic (exact) mass is 268 g/mol. The number of halogens is 3. The summed E-state index contributed by atoms with van der Waals surface area (Å²) in [5.74, 6) is -1.42. The number of nitrogens with one attached hydrogen (secondary N) is 2. The normalized spacial score (nSPS) is 25.7. The van der Waals surface area contributed by atoms with Crippen LogP contribution in [0.2, 0.25) is 0 Å². The maximum atomic E-state index is 12.5. The number of alkyl carbamates (subject to hydrolysis) is 1. The summed E-state index contributed by atoms with van der Waals surface area (Å²) in [6.07, 6.45) is -5.03. The Morgan fingerprint density at radius 1 is 1.28 bits per heavy atom. The van der Waals surface area contributed by atoms with Crippen molar-refractivity contribution in [3.63, 3.8) is 0 Å². The zero-order valence-corrected chi connectivity index (χ0v) is 10.7. The summed E-state index contributed by atoms with van der Waals surface area (Å²) in [6, 6.07) is -0.555. The molecular weight excluding hydrogens is 249 g/mol. The van der Waals surface area contributed by atoms with Gasteiger partial charge in [0.15, 0.2) is 0 Å². The molecule has 0 aromatic heterocycles. The number of amides is 1. The summed E-state index contributed by atoms with van der Waals surface area (Å²) in [6.45, 7) is 5.32. The highest BCUT2D eigenvalue weighted by molar-refractivity contribution is 5.68. The summed E-state index contributed by atoms with van der Waals surface area (Å²) in [7, 11) is 0. The molecule has 0 aliphatic carbocycles. The summed E-state index contributed by atoms with van der Waals surface area (Å²) in [4.78, 5) is 11.4. The standard InChI is InChI=1S/C11H19F3N2O2/c1-10(2,3)18-9(17)16-8-4-7(5-15-6-8)11(12,13)14/h7-8,15H,4-6H2,1-3H3,(H,16,17)/t7-,8+/m0/s1. The molecule has 7 heteroatoms. The Morgan fingerprint density at radius 2 is 1.89 bits per heavy atom. The zero-order valence-electron chi connectivity index (χ0n) is 10.7. The molecule has 1 aliphatic heterocycles. The van der Waals surface area contributed by atoms with Crippen molar-refractivity contribution in [1.82, 2.24) is 10.6 Å². The molecule has 106 valence electrons. The molecule has 1 aliphatic rings. The number of carbonyl (C=O) groups is 1. The lowest BCUT2D eigenvalue weighted by molar-refractivity contribution is -0.179. The Morgan fingerprint density at radius 3 is 2.39 bits per heavy atom. The highest BCUT2D eigenvalue weighted by Gasteiger charge is 2.42. The van der Waals surface area contributed by atoms with Gasteiger partial charge in [-0.3, -0.25) is 0 Å². The van der Waals surface area contributed by atoms with Crippen molar-refractivity contribution in [3.05, 3.63) is 0 Å². The molecule has 0 saturated carbocycles. The molecule has 2 N–H and O–H groups in total. The fourth-order valence-corrected chi connectivity index (χ4v) is 1.78. The van der Waals surface area contributed by atoms with E-state index in [-0.39, 0.29) is 13.0 Å². The lowest BCUT2D eigenvalue weighted by atomic mass is 9.95. The summed E-state index contributed by atoms with van der Waals surface area (Å²) < 4.78 is 42.6. The molecule has 1 heterocycles. The van der Waals surface area contributed by atoms with E-state index in [9.17, 15) is 18.0 Å². The molecule has 1 saturated heterocycles. The van der Waals surface area contributed by atoms with E-state index in [1.165, 1.54) is 0 Å². The number of piperidine rings is 1. The van der Waals surface area contributed by atoms with E-state index in [0.29, 0.717) is 6.54 Å². The molecule has 0 aromatic rings. The van der Waals surface area contributed by atoms with Crippen LogP contribution < -0.4 is 10.6 Å². The predicted molar refractivity (Wildman–Crippen MR) is 60.2 cm³/mol. The van der Waals surface area contributed by atoms with Gasteiger partial charge in [-0.1, -0.05) is 0 Å². The molecule has 2 atom stereocenters. The molecular formula is C11H19F3N2O2. The van der Waals surface area contributed by atoms with Gasteiger partial charge >= 0.3 is 12.3 Å². The Balaban J connectivity index is 2.46. The summed E-state index contributed by atoms with van der Waals surface area (Å²) in [5, 5.41) is 5.12. The number of alkyl halides is 3. The van der Waals surface area contributed by atoms with Gasteiger partial charge in [-0.25, -0.2) is 4.79 Å². The van der Waals surface area contributed by atoms with Crippen molar-refractivity contribution in [2.45, 2.75) is 45.0 Å². The quantitative estimate of drug-likeness (QED) is 0.765. The summed E-state index contributed by atoms with van der Waals surface area (Å²) in [5.41, 5.74) is -0.657. The van der Waals surface area contributed by atoms with E-state index in [0.717, 1.165) is 0 Å². The van der Waals surface area contributed by atoms with Crippen LogP contribution >= 0.6 is 0 Å². The smallest absolute Gasteiger partial charge is 0.407 e. The maximum absolute atomic E-state index is 12.5. The fourth-order valence-electron chi connectivity index (χ4n) is 1.78. The Bertz CT molecular complexity index is 300. The second-order valence-electron chi connectivity index (χ2n) is 5.48. The third kappa shape index (κ3) is 5.12. The first-order valence-corrected chi connectivity index (χ1v) is 5.85. The molecule has 18 heavy (non-hydrogen) atoms. The SMILES string of the molecule is CC(C)(C)OC(=O)N[C@H]1CNC[C@@H](C(F)(F)F)C1. The highest BCUT2D eigenvalue weighted by Crippen LogP contribution is 2.30. The Labute approximate surface area is 104 Å². The largest absolute Gasteiger partial charge is 0.444 e. The van der Waals surface area contributed by atoms with Crippen LogP contribution in [-0.2, 0) is 4.74 Å². The van der Waals surface area contributed by atoms with Crippen LogP contribution in [-0.4, -0.2) is 37.0 Å². The molecule has 0 radical (unpaired) electrons. The first kappa shape index (κ1) is 15.1. The average molecular weight is 268 g/mol. The van der Waals surface area contributed by atoms with Gasteiger partial charge in [0.2, 0.25) is 0 Å². The topological polar surface area (TPSA) is 50.4 Å². The van der Waals surface area contributed by atoms with Crippen LogP contribution in [0.3, 0.4) is 0 Å². The number of ether oxygens (including phenoxy) is 1. The van der Waals surface area contributed by atoms with Crippen molar-refractivity contribution in [2.75, 3.05) is 13.1 Å². The Kier molecular flexibility index (Phi) is 4.47. The van der Waals surface area contributed by atoms with Crippen LogP contribution in [0.5, 0.6) is 0 Å². The first-order valence-electron chi connectivity index (χ1n) is 5.85. The minimum absolute atomic E-state index is 0.101. The first-order chi connectivity index (χ1) is 8.08. The van der Waals surface area contributed by atoms with Crippen LogP contribution in [0.4, 0.5) is 18.0 Å². The van der Waals surface area contributed by atoms with Gasteiger partial charge in [0.05, 0.1) is 5.92 Å².